The predicted octanol–water partition coefficient (Wildman–Crippen LogP) is 5.79. The van der Waals surface area contributed by atoms with Gasteiger partial charge < -0.3 is 9.84 Å². The van der Waals surface area contributed by atoms with Crippen LogP contribution in [-0.4, -0.2) is 27.1 Å². The van der Waals surface area contributed by atoms with Crippen LogP contribution in [0.15, 0.2) is 36.2 Å². The molecule has 0 aliphatic carbocycles. The molecule has 0 bridgehead atoms. The number of nitrogens with zero attached hydrogens (tertiary/aromatic N) is 1. The van der Waals surface area contributed by atoms with Crippen LogP contribution in [0.1, 0.15) is 38.8 Å². The Morgan fingerprint density at radius 1 is 1.07 bits per heavy atom. The summed E-state index contributed by atoms with van der Waals surface area (Å²) in [6, 6.07) is 7.19. The van der Waals surface area contributed by atoms with Crippen LogP contribution in [0.25, 0.3) is 16.8 Å². The Labute approximate surface area is 168 Å². The SMILES string of the molecule is Cc1ccc(-c2ncc(Cl)cc2Cl)cc1C1=C(O)C(C)(C)OC(C)(C)C1=O. The van der Waals surface area contributed by atoms with Crippen molar-refractivity contribution < 1.29 is 14.6 Å². The van der Waals surface area contributed by atoms with Crippen molar-refractivity contribution in [2.75, 3.05) is 0 Å². The van der Waals surface area contributed by atoms with Gasteiger partial charge in [-0.25, -0.2) is 0 Å². The second kappa shape index (κ2) is 6.62. The van der Waals surface area contributed by atoms with Gasteiger partial charge in [0.2, 0.25) is 0 Å². The number of aromatic nitrogens is 1. The Morgan fingerprint density at radius 2 is 1.74 bits per heavy atom. The summed E-state index contributed by atoms with van der Waals surface area (Å²) < 4.78 is 5.82. The molecule has 142 valence electrons. The Morgan fingerprint density at radius 3 is 2.37 bits per heavy atom. The van der Waals surface area contributed by atoms with Crippen molar-refractivity contribution in [1.82, 2.24) is 4.98 Å². The van der Waals surface area contributed by atoms with Crippen LogP contribution >= 0.6 is 23.2 Å². The van der Waals surface area contributed by atoms with E-state index in [0.717, 1.165) is 11.1 Å². The standard InChI is InChI=1S/C21H21Cl2NO3/c1-11-6-7-12(17-15(23)9-13(22)10-24-17)8-14(11)16-18(25)20(2,3)27-21(4,5)19(16)26/h6-10,25H,1-5H3. The number of pyridine rings is 1. The quantitative estimate of drug-likeness (QED) is 0.686. The van der Waals surface area contributed by atoms with E-state index >= 15 is 0 Å². The Balaban J connectivity index is 2.24. The third-order valence-corrected chi connectivity index (χ3v) is 5.17. The van der Waals surface area contributed by atoms with E-state index in [1.165, 1.54) is 6.20 Å². The Kier molecular flexibility index (Phi) is 4.87. The van der Waals surface area contributed by atoms with Gasteiger partial charge in [0.15, 0.2) is 5.78 Å². The first-order valence-corrected chi connectivity index (χ1v) is 9.31. The molecule has 0 fully saturated rings. The lowest BCUT2D eigenvalue weighted by atomic mass is 9.81. The lowest BCUT2D eigenvalue weighted by Crippen LogP contribution is -2.49. The molecular formula is C21H21Cl2NO3. The number of aliphatic hydroxyl groups excluding tert-OH is 1. The molecule has 0 amide bonds. The van der Waals surface area contributed by atoms with E-state index in [0.29, 0.717) is 21.3 Å². The molecule has 27 heavy (non-hydrogen) atoms. The van der Waals surface area contributed by atoms with Crippen molar-refractivity contribution in [2.45, 2.75) is 45.8 Å². The lowest BCUT2D eigenvalue weighted by Gasteiger charge is -2.40. The Hall–Kier alpha value is -1.88. The molecule has 0 atom stereocenters. The summed E-state index contributed by atoms with van der Waals surface area (Å²) in [6.45, 7) is 8.79. The second-order valence-corrected chi connectivity index (χ2v) is 8.53. The third-order valence-electron chi connectivity index (χ3n) is 4.68. The molecule has 3 rings (SSSR count). The summed E-state index contributed by atoms with van der Waals surface area (Å²) >= 11 is 12.2. The van der Waals surface area contributed by atoms with Crippen LogP contribution in [0.4, 0.5) is 0 Å². The number of ether oxygens (including phenoxy) is 1. The number of hydrogen-bond donors (Lipinski definition) is 1. The highest BCUT2D eigenvalue weighted by Crippen LogP contribution is 2.41. The first kappa shape index (κ1) is 19.9. The number of rotatable bonds is 2. The number of carbonyl (C=O) groups is 1. The molecule has 0 unspecified atom stereocenters. The maximum Gasteiger partial charge on any atom is 0.198 e. The normalized spacial score (nSPS) is 18.7. The van der Waals surface area contributed by atoms with Gasteiger partial charge in [-0.2, -0.15) is 0 Å². The molecule has 1 aliphatic rings. The fraction of sp³-hybridized carbons (Fsp3) is 0.333. The molecule has 1 N–H and O–H groups in total. The molecule has 0 radical (unpaired) electrons. The maximum absolute atomic E-state index is 13.1. The van der Waals surface area contributed by atoms with Crippen molar-refractivity contribution in [3.05, 3.63) is 57.4 Å². The highest BCUT2D eigenvalue weighted by molar-refractivity contribution is 6.36. The van der Waals surface area contributed by atoms with Crippen LogP contribution in [0, 0.1) is 6.92 Å². The van der Waals surface area contributed by atoms with E-state index in [1.807, 2.05) is 25.1 Å². The molecule has 2 aromatic rings. The summed E-state index contributed by atoms with van der Waals surface area (Å²) in [4.78, 5) is 17.4. The molecule has 0 spiro atoms. The fourth-order valence-corrected chi connectivity index (χ4v) is 3.85. The van der Waals surface area contributed by atoms with Gasteiger partial charge in [-0.05, 0) is 57.9 Å². The molecule has 6 heteroatoms. The minimum absolute atomic E-state index is 0.0813. The maximum atomic E-state index is 13.1. The summed E-state index contributed by atoms with van der Waals surface area (Å²) in [5, 5.41) is 11.7. The molecule has 1 aromatic carbocycles. The minimum Gasteiger partial charge on any atom is -0.508 e. The smallest absolute Gasteiger partial charge is 0.198 e. The summed E-state index contributed by atoms with van der Waals surface area (Å²) in [7, 11) is 0. The predicted molar refractivity (Wildman–Crippen MR) is 108 cm³/mol. The van der Waals surface area contributed by atoms with Crippen LogP contribution in [-0.2, 0) is 9.53 Å². The zero-order valence-electron chi connectivity index (χ0n) is 15.9. The highest BCUT2D eigenvalue weighted by atomic mass is 35.5. The van der Waals surface area contributed by atoms with Gasteiger partial charge in [-0.1, -0.05) is 35.3 Å². The first-order valence-electron chi connectivity index (χ1n) is 8.55. The van der Waals surface area contributed by atoms with Crippen LogP contribution < -0.4 is 0 Å². The summed E-state index contributed by atoms with van der Waals surface area (Å²) in [5.41, 5.74) is 1.00. The molecule has 0 saturated heterocycles. The average molecular weight is 406 g/mol. The monoisotopic (exact) mass is 405 g/mol. The van der Waals surface area contributed by atoms with Gasteiger partial charge in [0.25, 0.3) is 0 Å². The van der Waals surface area contributed by atoms with Crippen LogP contribution in [0.3, 0.4) is 0 Å². The molecule has 0 saturated carbocycles. The largest absolute Gasteiger partial charge is 0.508 e. The molecule has 4 nitrogen and oxygen atoms in total. The average Bonchev–Trinajstić information content (AvgIpc) is 2.55. The zero-order valence-corrected chi connectivity index (χ0v) is 17.4. The van der Waals surface area contributed by atoms with Gasteiger partial charge in [-0.3, -0.25) is 9.78 Å². The lowest BCUT2D eigenvalue weighted by molar-refractivity contribution is -0.158. The van der Waals surface area contributed by atoms with E-state index in [2.05, 4.69) is 4.98 Å². The van der Waals surface area contributed by atoms with E-state index in [-0.39, 0.29) is 17.1 Å². The number of ketones is 1. The van der Waals surface area contributed by atoms with Crippen molar-refractivity contribution in [3.8, 4) is 11.3 Å². The second-order valence-electron chi connectivity index (χ2n) is 7.69. The Bertz CT molecular complexity index is 977. The van der Waals surface area contributed by atoms with E-state index in [4.69, 9.17) is 27.9 Å². The number of Topliss-reactive ketones (excluding diaryl/α,β-unsaturated/α-hetero) is 1. The first-order chi connectivity index (χ1) is 12.4. The molecular weight excluding hydrogens is 385 g/mol. The van der Waals surface area contributed by atoms with E-state index < -0.39 is 11.2 Å². The highest BCUT2D eigenvalue weighted by Gasteiger charge is 2.47. The molecule has 1 aromatic heterocycles. The van der Waals surface area contributed by atoms with Crippen LogP contribution in [0.5, 0.6) is 0 Å². The number of aryl methyl sites for hydroxylation is 1. The van der Waals surface area contributed by atoms with Crippen molar-refractivity contribution in [2.24, 2.45) is 0 Å². The van der Waals surface area contributed by atoms with Crippen molar-refractivity contribution in [1.29, 1.82) is 0 Å². The number of aliphatic hydroxyl groups is 1. The molecule has 2 heterocycles. The van der Waals surface area contributed by atoms with Crippen molar-refractivity contribution >= 4 is 34.6 Å². The van der Waals surface area contributed by atoms with E-state index in [1.54, 1.807) is 33.8 Å². The van der Waals surface area contributed by atoms with Gasteiger partial charge in [0, 0.05) is 11.8 Å². The third kappa shape index (κ3) is 3.49. The molecule has 1 aliphatic heterocycles. The van der Waals surface area contributed by atoms with Gasteiger partial charge in [0.1, 0.15) is 17.0 Å². The summed E-state index contributed by atoms with van der Waals surface area (Å²) in [5.74, 6) is -0.350. The van der Waals surface area contributed by atoms with Crippen molar-refractivity contribution in [3.63, 3.8) is 0 Å². The van der Waals surface area contributed by atoms with E-state index in [9.17, 15) is 9.90 Å². The number of hydrogen-bond acceptors (Lipinski definition) is 4. The number of carbonyl (C=O) groups excluding carboxylic acids is 1. The van der Waals surface area contributed by atoms with Crippen LogP contribution in [0.2, 0.25) is 10.0 Å². The van der Waals surface area contributed by atoms with Gasteiger partial charge in [-0.15, -0.1) is 0 Å². The minimum atomic E-state index is -1.05. The summed E-state index contributed by atoms with van der Waals surface area (Å²) in [6.07, 6.45) is 1.52. The van der Waals surface area contributed by atoms with Gasteiger partial charge in [0.05, 0.1) is 21.3 Å². The van der Waals surface area contributed by atoms with Gasteiger partial charge >= 0.3 is 0 Å². The zero-order chi connectivity index (χ0) is 20.1. The fourth-order valence-electron chi connectivity index (χ4n) is 3.36. The number of benzene rings is 1. The number of halogens is 2. The topological polar surface area (TPSA) is 59.4 Å².